The molecule has 0 aliphatic rings. The van der Waals surface area contributed by atoms with Crippen molar-refractivity contribution in [3.05, 3.63) is 188 Å². The van der Waals surface area contributed by atoms with E-state index in [4.69, 9.17) is 15.0 Å². The summed E-state index contributed by atoms with van der Waals surface area (Å²) in [4.78, 5) is 15.1. The molecule has 0 fully saturated rings. The summed E-state index contributed by atoms with van der Waals surface area (Å²) in [5.41, 5.74) is 9.84. The number of hydrogen-bond donors (Lipinski definition) is 0. The Bertz CT molecular complexity index is 3400. The number of rotatable bonds is 5. The number of benzene rings is 8. The molecule has 0 aliphatic carbocycles. The molecule has 0 bridgehead atoms. The average Bonchev–Trinajstić information content (AvgIpc) is 3.94. The van der Waals surface area contributed by atoms with Crippen LogP contribution in [-0.4, -0.2) is 24.1 Å². The maximum atomic E-state index is 5.08. The van der Waals surface area contributed by atoms with Gasteiger partial charge in [0, 0.05) is 65.1 Å². The maximum absolute atomic E-state index is 5.08. The van der Waals surface area contributed by atoms with E-state index in [9.17, 15) is 0 Å². The minimum absolute atomic E-state index is 0.638. The molecule has 0 spiro atoms. The van der Waals surface area contributed by atoms with E-state index in [1.54, 1.807) is 0 Å². The van der Waals surface area contributed by atoms with Gasteiger partial charge in [-0.05, 0) is 48.5 Å². The van der Waals surface area contributed by atoms with E-state index in [0.29, 0.717) is 17.5 Å². The van der Waals surface area contributed by atoms with E-state index >= 15 is 0 Å². The van der Waals surface area contributed by atoms with Gasteiger partial charge in [0.15, 0.2) is 17.5 Å². The molecular weight excluding hydrogens is 715 g/mol. The Labute approximate surface area is 331 Å². The summed E-state index contributed by atoms with van der Waals surface area (Å²) in [5, 5.41) is 7.44. The van der Waals surface area contributed by atoms with Crippen LogP contribution in [0.15, 0.2) is 188 Å². The molecule has 0 N–H and O–H groups in total. The highest BCUT2D eigenvalue weighted by Gasteiger charge is 2.21. The van der Waals surface area contributed by atoms with E-state index in [-0.39, 0.29) is 0 Å². The predicted octanol–water partition coefficient (Wildman–Crippen LogP) is 13.4. The van der Waals surface area contributed by atoms with Crippen molar-refractivity contribution in [2.24, 2.45) is 0 Å². The molecule has 57 heavy (non-hydrogen) atoms. The molecule has 0 saturated heterocycles. The fourth-order valence-corrected chi connectivity index (χ4v) is 9.80. The third kappa shape index (κ3) is 4.98. The minimum atomic E-state index is 0.638. The highest BCUT2D eigenvalue weighted by molar-refractivity contribution is 7.26. The number of hydrogen-bond acceptors (Lipinski definition) is 4. The molecule has 6 heteroatoms. The van der Waals surface area contributed by atoms with Crippen molar-refractivity contribution in [3.63, 3.8) is 0 Å². The lowest BCUT2D eigenvalue weighted by Crippen LogP contribution is -2.00. The molecular formula is C51H31N5S. The number of para-hydroxylation sites is 3. The predicted molar refractivity (Wildman–Crippen MR) is 238 cm³/mol. The van der Waals surface area contributed by atoms with Gasteiger partial charge in [0.05, 0.1) is 26.8 Å². The van der Waals surface area contributed by atoms with Gasteiger partial charge in [0.1, 0.15) is 0 Å². The van der Waals surface area contributed by atoms with Crippen LogP contribution in [0.5, 0.6) is 0 Å². The smallest absolute Gasteiger partial charge is 0.164 e. The molecule has 266 valence electrons. The average molecular weight is 746 g/mol. The molecule has 0 aliphatic heterocycles. The Morgan fingerprint density at radius 1 is 0.333 bits per heavy atom. The molecule has 5 nitrogen and oxygen atoms in total. The quantitative estimate of drug-likeness (QED) is 0.176. The van der Waals surface area contributed by atoms with Gasteiger partial charge in [0.25, 0.3) is 0 Å². The van der Waals surface area contributed by atoms with Crippen LogP contribution < -0.4 is 0 Å². The number of aromatic nitrogens is 5. The lowest BCUT2D eigenvalue weighted by molar-refractivity contribution is 1.07. The first-order valence-electron chi connectivity index (χ1n) is 19.1. The largest absolute Gasteiger partial charge is 0.309 e. The maximum Gasteiger partial charge on any atom is 0.164 e. The second-order valence-corrected chi connectivity index (χ2v) is 15.5. The fraction of sp³-hybridized carbons (Fsp3) is 0. The molecule has 0 radical (unpaired) electrons. The lowest BCUT2D eigenvalue weighted by Gasteiger charge is -2.10. The topological polar surface area (TPSA) is 48.5 Å². The normalized spacial score (nSPS) is 11.9. The van der Waals surface area contributed by atoms with Crippen LogP contribution in [0.4, 0.5) is 0 Å². The molecule has 0 saturated carbocycles. The van der Waals surface area contributed by atoms with Crippen molar-refractivity contribution in [2.75, 3.05) is 0 Å². The Morgan fingerprint density at radius 2 is 0.860 bits per heavy atom. The first-order valence-corrected chi connectivity index (χ1v) is 19.9. The van der Waals surface area contributed by atoms with Gasteiger partial charge >= 0.3 is 0 Å². The SMILES string of the molecule is c1ccc(-c2nc(-c3ccccc3)nc(-c3ccc4c5ccc6c7cc(-n8c9ccccc9c9ccccc98)ccc7sc6c5n(-c5ccccc5)c4c3)n2)cc1. The van der Waals surface area contributed by atoms with Gasteiger partial charge < -0.3 is 9.13 Å². The monoisotopic (exact) mass is 745 g/mol. The third-order valence-electron chi connectivity index (χ3n) is 11.2. The molecule has 0 unspecified atom stereocenters. The number of thiophene rings is 1. The van der Waals surface area contributed by atoms with Crippen LogP contribution in [0.25, 0.3) is 109 Å². The fourth-order valence-electron chi connectivity index (χ4n) is 8.58. The van der Waals surface area contributed by atoms with Gasteiger partial charge in [-0.1, -0.05) is 140 Å². The van der Waals surface area contributed by atoms with Gasteiger partial charge in [-0.15, -0.1) is 11.3 Å². The van der Waals surface area contributed by atoms with Crippen molar-refractivity contribution >= 4 is 75.1 Å². The van der Waals surface area contributed by atoms with Gasteiger partial charge in [-0.3, -0.25) is 0 Å². The first kappa shape index (κ1) is 31.9. The Morgan fingerprint density at radius 3 is 1.51 bits per heavy atom. The second kappa shape index (κ2) is 12.6. The molecule has 12 aromatic rings. The van der Waals surface area contributed by atoms with Crippen molar-refractivity contribution < 1.29 is 0 Å². The molecule has 0 amide bonds. The Kier molecular flexibility index (Phi) is 7.03. The van der Waals surface area contributed by atoms with Crippen LogP contribution in [0.1, 0.15) is 0 Å². The Balaban J connectivity index is 1.10. The van der Waals surface area contributed by atoms with Crippen LogP contribution in [-0.2, 0) is 0 Å². The minimum Gasteiger partial charge on any atom is -0.309 e. The summed E-state index contributed by atoms with van der Waals surface area (Å²) in [7, 11) is 0. The van der Waals surface area contributed by atoms with Crippen molar-refractivity contribution in [2.45, 2.75) is 0 Å². The standard InChI is InChI=1S/C51H31N5S/c1-4-14-32(15-5-1)49-52-50(33-16-6-2-7-17-33)54-51(53-49)34-24-26-39-40-27-28-41-42-31-36(55-43-22-12-10-20-37(43)38-21-11-13-23-44(38)55)25-29-46(42)57-48(41)47(40)56(45(39)30-34)35-18-8-3-9-19-35/h1-31H. The number of fused-ring (bicyclic) bond motifs is 10. The van der Waals surface area contributed by atoms with Crippen LogP contribution >= 0.6 is 11.3 Å². The van der Waals surface area contributed by atoms with Crippen molar-refractivity contribution in [1.29, 1.82) is 0 Å². The molecule has 4 aromatic heterocycles. The summed E-state index contributed by atoms with van der Waals surface area (Å²) in [5.74, 6) is 1.94. The van der Waals surface area contributed by atoms with E-state index in [2.05, 4.69) is 137 Å². The number of nitrogens with zero attached hydrogens (tertiary/aromatic N) is 5. The zero-order valence-electron chi connectivity index (χ0n) is 30.5. The molecule has 0 atom stereocenters. The summed E-state index contributed by atoms with van der Waals surface area (Å²) in [6, 6.07) is 66.6. The van der Waals surface area contributed by atoms with Gasteiger partial charge in [-0.2, -0.15) is 0 Å². The zero-order valence-corrected chi connectivity index (χ0v) is 31.4. The van der Waals surface area contributed by atoms with Crippen LogP contribution in [0.2, 0.25) is 0 Å². The van der Waals surface area contributed by atoms with Crippen LogP contribution in [0.3, 0.4) is 0 Å². The molecule has 8 aromatic carbocycles. The van der Waals surface area contributed by atoms with E-state index in [1.165, 1.54) is 58.3 Å². The first-order chi connectivity index (χ1) is 28.3. The highest BCUT2D eigenvalue weighted by Crippen LogP contribution is 2.45. The summed E-state index contributed by atoms with van der Waals surface area (Å²) >= 11 is 1.87. The van der Waals surface area contributed by atoms with E-state index in [0.717, 1.165) is 33.6 Å². The van der Waals surface area contributed by atoms with Crippen LogP contribution in [0, 0.1) is 0 Å². The second-order valence-electron chi connectivity index (χ2n) is 14.4. The van der Waals surface area contributed by atoms with Gasteiger partial charge in [-0.25, -0.2) is 15.0 Å². The molecule has 12 rings (SSSR count). The van der Waals surface area contributed by atoms with Crippen molar-refractivity contribution in [1.82, 2.24) is 24.1 Å². The Hall–Kier alpha value is -7.41. The molecule has 4 heterocycles. The zero-order chi connectivity index (χ0) is 37.5. The van der Waals surface area contributed by atoms with Crippen molar-refractivity contribution in [3.8, 4) is 45.5 Å². The van der Waals surface area contributed by atoms with E-state index in [1.807, 2.05) is 72.0 Å². The van der Waals surface area contributed by atoms with E-state index < -0.39 is 0 Å². The van der Waals surface area contributed by atoms with Gasteiger partial charge in [0.2, 0.25) is 0 Å². The lowest BCUT2D eigenvalue weighted by atomic mass is 10.1. The highest BCUT2D eigenvalue weighted by atomic mass is 32.1. The third-order valence-corrected chi connectivity index (χ3v) is 12.4. The summed E-state index contributed by atoms with van der Waals surface area (Å²) in [6.45, 7) is 0. The summed E-state index contributed by atoms with van der Waals surface area (Å²) < 4.78 is 7.36. The summed E-state index contributed by atoms with van der Waals surface area (Å²) in [6.07, 6.45) is 0.